The average molecular weight is 294 g/mol. The van der Waals surface area contributed by atoms with Gasteiger partial charge in [-0.05, 0) is 25.0 Å². The van der Waals surface area contributed by atoms with Gasteiger partial charge in [-0.2, -0.15) is 18.4 Å². The van der Waals surface area contributed by atoms with Gasteiger partial charge >= 0.3 is 6.18 Å². The maximum atomic E-state index is 12.9. The number of halogens is 3. The number of nitrogens with zero attached hydrogens (tertiary/aromatic N) is 4. The molecule has 1 saturated heterocycles. The molecule has 21 heavy (non-hydrogen) atoms. The van der Waals surface area contributed by atoms with Crippen molar-refractivity contribution in [1.82, 2.24) is 9.38 Å². The summed E-state index contributed by atoms with van der Waals surface area (Å²) in [4.78, 5) is 5.90. The fourth-order valence-electron chi connectivity index (χ4n) is 2.74. The lowest BCUT2D eigenvalue weighted by Gasteiger charge is -2.33. The minimum atomic E-state index is -4.20. The Morgan fingerprint density at radius 2 is 2.14 bits per heavy atom. The fraction of sp³-hybridized carbons (Fsp3) is 0.429. The predicted octanol–water partition coefficient (Wildman–Crippen LogP) is 2.98. The summed E-state index contributed by atoms with van der Waals surface area (Å²) in [5, 5.41) is 9.30. The lowest BCUT2D eigenvalue weighted by Crippen LogP contribution is -2.42. The summed E-state index contributed by atoms with van der Waals surface area (Å²) in [5.41, 5.74) is 0.853. The minimum absolute atomic E-state index is 0.134. The molecule has 1 atom stereocenters. The number of alkyl halides is 3. The Balaban J connectivity index is 1.99. The van der Waals surface area contributed by atoms with Crippen LogP contribution >= 0.6 is 0 Å². The van der Waals surface area contributed by atoms with Gasteiger partial charge in [0, 0.05) is 19.3 Å². The summed E-state index contributed by atoms with van der Waals surface area (Å²) in [6, 6.07) is 7.32. The Morgan fingerprint density at radius 1 is 1.33 bits per heavy atom. The second-order valence-electron chi connectivity index (χ2n) is 5.15. The molecule has 0 amide bonds. The Kier molecular flexibility index (Phi) is 3.24. The topological polar surface area (TPSA) is 44.3 Å². The monoisotopic (exact) mass is 294 g/mol. The zero-order valence-corrected chi connectivity index (χ0v) is 11.1. The molecule has 0 spiro atoms. The van der Waals surface area contributed by atoms with Crippen LogP contribution in [0.2, 0.25) is 0 Å². The van der Waals surface area contributed by atoms with Gasteiger partial charge in [0.05, 0.1) is 5.92 Å². The minimum Gasteiger partial charge on any atom is -0.354 e. The first-order valence-corrected chi connectivity index (χ1v) is 6.69. The van der Waals surface area contributed by atoms with Gasteiger partial charge in [-0.15, -0.1) is 0 Å². The van der Waals surface area contributed by atoms with Crippen LogP contribution in [0.25, 0.3) is 5.65 Å². The molecule has 3 heterocycles. The molecular weight excluding hydrogens is 281 g/mol. The first-order valence-electron chi connectivity index (χ1n) is 6.69. The lowest BCUT2D eigenvalue weighted by molar-refractivity contribution is -0.176. The predicted molar refractivity (Wildman–Crippen MR) is 70.9 cm³/mol. The molecule has 0 unspecified atom stereocenters. The van der Waals surface area contributed by atoms with Crippen molar-refractivity contribution in [3.63, 3.8) is 0 Å². The van der Waals surface area contributed by atoms with Crippen molar-refractivity contribution in [3.05, 3.63) is 30.1 Å². The number of hydrogen-bond donors (Lipinski definition) is 0. The van der Waals surface area contributed by atoms with E-state index in [1.807, 2.05) is 6.07 Å². The van der Waals surface area contributed by atoms with Crippen molar-refractivity contribution < 1.29 is 13.2 Å². The number of pyridine rings is 1. The van der Waals surface area contributed by atoms with Crippen LogP contribution in [0.5, 0.6) is 0 Å². The number of nitriles is 1. The standard InChI is InChI=1S/C14H13F3N4/c15-14(16,17)10-4-3-6-20(9-10)13-11(8-18)21-7-2-1-5-12(21)19-13/h1-2,5,7,10H,3-4,6,9H2/t10-/m0/s1. The van der Waals surface area contributed by atoms with Gasteiger partial charge in [0.15, 0.2) is 11.5 Å². The molecule has 3 rings (SSSR count). The van der Waals surface area contributed by atoms with Crippen molar-refractivity contribution in [3.8, 4) is 6.07 Å². The molecule has 4 nitrogen and oxygen atoms in total. The molecule has 1 aliphatic heterocycles. The summed E-state index contributed by atoms with van der Waals surface area (Å²) >= 11 is 0. The van der Waals surface area contributed by atoms with Crippen LogP contribution in [0.4, 0.5) is 19.0 Å². The highest BCUT2D eigenvalue weighted by Crippen LogP contribution is 2.35. The second kappa shape index (κ2) is 4.95. The van der Waals surface area contributed by atoms with E-state index in [0.717, 1.165) is 0 Å². The van der Waals surface area contributed by atoms with Crippen LogP contribution in [-0.4, -0.2) is 28.7 Å². The largest absolute Gasteiger partial charge is 0.393 e. The average Bonchev–Trinajstić information content (AvgIpc) is 2.85. The number of hydrogen-bond acceptors (Lipinski definition) is 3. The van der Waals surface area contributed by atoms with E-state index < -0.39 is 12.1 Å². The number of fused-ring (bicyclic) bond motifs is 1. The van der Waals surface area contributed by atoms with Crippen LogP contribution in [-0.2, 0) is 0 Å². The van der Waals surface area contributed by atoms with Gasteiger partial charge in [-0.1, -0.05) is 6.07 Å². The number of piperidine rings is 1. The molecule has 0 saturated carbocycles. The second-order valence-corrected chi connectivity index (χ2v) is 5.15. The fourth-order valence-corrected chi connectivity index (χ4v) is 2.74. The van der Waals surface area contributed by atoms with Crippen molar-refractivity contribution in [2.75, 3.05) is 18.0 Å². The number of anilines is 1. The van der Waals surface area contributed by atoms with Crippen LogP contribution in [0.15, 0.2) is 24.4 Å². The Hall–Kier alpha value is -2.23. The quantitative estimate of drug-likeness (QED) is 0.812. The van der Waals surface area contributed by atoms with Gasteiger partial charge in [0.25, 0.3) is 0 Å². The van der Waals surface area contributed by atoms with E-state index in [4.69, 9.17) is 0 Å². The summed E-state index contributed by atoms with van der Waals surface area (Å²) in [5.74, 6) is -1.01. The van der Waals surface area contributed by atoms with Crippen LogP contribution in [0, 0.1) is 17.2 Å². The maximum Gasteiger partial charge on any atom is 0.393 e. The third kappa shape index (κ3) is 2.42. The molecule has 110 valence electrons. The van der Waals surface area contributed by atoms with Gasteiger partial charge in [-0.3, -0.25) is 4.40 Å². The Morgan fingerprint density at radius 3 is 2.86 bits per heavy atom. The summed E-state index contributed by atoms with van der Waals surface area (Å²) in [7, 11) is 0. The molecule has 0 bridgehead atoms. The molecule has 0 aromatic carbocycles. The molecule has 7 heteroatoms. The first kappa shape index (κ1) is 13.7. The van der Waals surface area contributed by atoms with Crippen molar-refractivity contribution in [1.29, 1.82) is 5.26 Å². The summed E-state index contributed by atoms with van der Waals surface area (Å²) in [6.07, 6.45) is -1.93. The van der Waals surface area contributed by atoms with E-state index in [1.165, 1.54) is 0 Å². The van der Waals surface area contributed by atoms with Gasteiger partial charge in [0.2, 0.25) is 0 Å². The normalized spacial score (nSPS) is 19.7. The van der Waals surface area contributed by atoms with Crippen LogP contribution in [0.3, 0.4) is 0 Å². The van der Waals surface area contributed by atoms with Crippen LogP contribution < -0.4 is 4.90 Å². The Labute approximate surface area is 119 Å². The number of rotatable bonds is 1. The zero-order chi connectivity index (χ0) is 15.0. The van der Waals surface area contributed by atoms with Crippen molar-refractivity contribution >= 4 is 11.5 Å². The summed E-state index contributed by atoms with van der Waals surface area (Å²) in [6.45, 7) is 0.354. The highest BCUT2D eigenvalue weighted by atomic mass is 19.4. The highest BCUT2D eigenvalue weighted by Gasteiger charge is 2.42. The third-order valence-electron chi connectivity index (χ3n) is 3.80. The smallest absolute Gasteiger partial charge is 0.354 e. The van der Waals surface area contributed by atoms with E-state index in [1.54, 1.807) is 33.7 Å². The molecule has 1 fully saturated rings. The van der Waals surface area contributed by atoms with Crippen molar-refractivity contribution in [2.24, 2.45) is 5.92 Å². The van der Waals surface area contributed by atoms with Crippen LogP contribution in [0.1, 0.15) is 18.5 Å². The van der Waals surface area contributed by atoms with Crippen molar-refractivity contribution in [2.45, 2.75) is 19.0 Å². The first-order chi connectivity index (χ1) is 10.0. The van der Waals surface area contributed by atoms with Gasteiger partial charge < -0.3 is 4.90 Å². The number of imidazole rings is 1. The molecule has 2 aromatic heterocycles. The lowest BCUT2D eigenvalue weighted by atomic mass is 9.97. The third-order valence-corrected chi connectivity index (χ3v) is 3.80. The van der Waals surface area contributed by atoms with Gasteiger partial charge in [-0.25, -0.2) is 4.98 Å². The van der Waals surface area contributed by atoms with E-state index in [9.17, 15) is 18.4 Å². The zero-order valence-electron chi connectivity index (χ0n) is 11.1. The number of aromatic nitrogens is 2. The van der Waals surface area contributed by atoms with E-state index >= 15 is 0 Å². The van der Waals surface area contributed by atoms with E-state index in [-0.39, 0.29) is 18.7 Å². The molecule has 0 radical (unpaired) electrons. The van der Waals surface area contributed by atoms with Gasteiger partial charge in [0.1, 0.15) is 11.7 Å². The molecular formula is C14H13F3N4. The summed E-state index contributed by atoms with van der Waals surface area (Å²) < 4.78 is 40.3. The molecule has 0 N–H and O–H groups in total. The molecule has 0 aliphatic carbocycles. The van der Waals surface area contributed by atoms with E-state index in [0.29, 0.717) is 24.4 Å². The molecule has 2 aromatic rings. The van der Waals surface area contributed by atoms with E-state index in [2.05, 4.69) is 4.98 Å². The SMILES string of the molecule is N#Cc1c(N2CCC[C@H](C(F)(F)F)C2)nc2ccccn12. The maximum absolute atomic E-state index is 12.9. The highest BCUT2D eigenvalue weighted by molar-refractivity contribution is 5.60. The molecule has 1 aliphatic rings. The Bertz CT molecular complexity index is 698.